The molecule has 0 aromatic carbocycles. The Bertz CT molecular complexity index is 171. The Morgan fingerprint density at radius 3 is 2.54 bits per heavy atom. The van der Waals surface area contributed by atoms with Crippen LogP contribution < -0.4 is 5.32 Å². The fourth-order valence-electron chi connectivity index (χ4n) is 0.776. The monoisotopic (exact) mass is 203 g/mol. The summed E-state index contributed by atoms with van der Waals surface area (Å²) in [5, 5.41) is 2.70. The third kappa shape index (κ3) is 9.40. The van der Waals surface area contributed by atoms with Crippen LogP contribution in [0.15, 0.2) is 0 Å². The summed E-state index contributed by atoms with van der Waals surface area (Å²) in [6, 6.07) is 0. The Morgan fingerprint density at radius 2 is 2.00 bits per heavy atom. The molecule has 1 N–H and O–H groups in total. The van der Waals surface area contributed by atoms with E-state index in [1.54, 1.807) is 11.8 Å². The van der Waals surface area contributed by atoms with E-state index in [9.17, 15) is 9.59 Å². The number of rotatable bonds is 7. The fourth-order valence-corrected chi connectivity index (χ4v) is 1.39. The highest BCUT2D eigenvalue weighted by Crippen LogP contribution is 2.00. The first-order chi connectivity index (χ1) is 6.16. The number of hydrogen-bond acceptors (Lipinski definition) is 3. The molecule has 0 spiro atoms. The van der Waals surface area contributed by atoms with E-state index in [1.165, 1.54) is 6.92 Å². The van der Waals surface area contributed by atoms with E-state index in [0.717, 1.165) is 11.5 Å². The lowest BCUT2D eigenvalue weighted by atomic mass is 10.3. The van der Waals surface area contributed by atoms with Gasteiger partial charge < -0.3 is 5.32 Å². The maximum atomic E-state index is 11.1. The minimum Gasteiger partial charge on any atom is -0.356 e. The first-order valence-corrected chi connectivity index (χ1v) is 5.66. The number of carbonyl (C=O) groups excluding carboxylic acids is 2. The first kappa shape index (κ1) is 12.5. The Kier molecular flexibility index (Phi) is 7.79. The Hall–Kier alpha value is -0.510. The van der Waals surface area contributed by atoms with Crippen LogP contribution in [0.2, 0.25) is 0 Å². The maximum absolute atomic E-state index is 11.1. The molecule has 0 rings (SSSR count). The average molecular weight is 203 g/mol. The molecule has 13 heavy (non-hydrogen) atoms. The van der Waals surface area contributed by atoms with Crippen LogP contribution in [-0.2, 0) is 9.59 Å². The number of thioether (sulfide) groups is 1. The lowest BCUT2D eigenvalue weighted by molar-refractivity contribution is -0.121. The van der Waals surface area contributed by atoms with Crippen molar-refractivity contribution in [2.75, 3.05) is 18.1 Å². The Morgan fingerprint density at radius 1 is 1.31 bits per heavy atom. The predicted octanol–water partition coefficient (Wildman–Crippen LogP) is 1.22. The van der Waals surface area contributed by atoms with Gasteiger partial charge in [-0.25, -0.2) is 0 Å². The van der Waals surface area contributed by atoms with Crippen molar-refractivity contribution >= 4 is 23.5 Å². The molecule has 0 fully saturated rings. The molecule has 0 aliphatic rings. The van der Waals surface area contributed by atoms with Gasteiger partial charge in [0.15, 0.2) is 0 Å². The van der Waals surface area contributed by atoms with Crippen LogP contribution >= 0.6 is 11.8 Å². The van der Waals surface area contributed by atoms with E-state index < -0.39 is 0 Å². The third-order valence-corrected chi connectivity index (χ3v) is 2.38. The summed E-state index contributed by atoms with van der Waals surface area (Å²) < 4.78 is 0. The lowest BCUT2D eigenvalue weighted by Crippen LogP contribution is -2.25. The molecule has 0 radical (unpaired) electrons. The molecule has 0 heterocycles. The van der Waals surface area contributed by atoms with Gasteiger partial charge in [-0.2, -0.15) is 11.8 Å². The Balaban J connectivity index is 3.25. The molecule has 0 unspecified atom stereocenters. The van der Waals surface area contributed by atoms with E-state index in [2.05, 4.69) is 12.2 Å². The van der Waals surface area contributed by atoms with Crippen LogP contribution in [0.25, 0.3) is 0 Å². The van der Waals surface area contributed by atoms with Crippen molar-refractivity contribution < 1.29 is 9.59 Å². The van der Waals surface area contributed by atoms with Crippen LogP contribution in [0.3, 0.4) is 0 Å². The normalized spacial score (nSPS) is 9.69. The fraction of sp³-hybridized carbons (Fsp3) is 0.778. The highest BCUT2D eigenvalue weighted by atomic mass is 32.2. The summed E-state index contributed by atoms with van der Waals surface area (Å²) in [5.74, 6) is 2.06. The summed E-state index contributed by atoms with van der Waals surface area (Å²) >= 11 is 1.75. The molecule has 3 nitrogen and oxygen atoms in total. The molecule has 0 saturated carbocycles. The second-order valence-corrected chi connectivity index (χ2v) is 4.14. The second-order valence-electron chi connectivity index (χ2n) is 2.75. The third-order valence-electron chi connectivity index (χ3n) is 1.48. The van der Waals surface area contributed by atoms with Crippen LogP contribution in [0, 0.1) is 0 Å². The van der Waals surface area contributed by atoms with Crippen molar-refractivity contribution in [2.24, 2.45) is 0 Å². The summed E-state index contributed by atoms with van der Waals surface area (Å²) in [7, 11) is 0. The SMILES string of the molecule is CCSCCC(=O)NCCC(C)=O. The number of amides is 1. The molecule has 0 atom stereocenters. The summed E-state index contributed by atoms with van der Waals surface area (Å²) in [6.07, 6.45) is 0.989. The van der Waals surface area contributed by atoms with Gasteiger partial charge in [-0.15, -0.1) is 0 Å². The maximum Gasteiger partial charge on any atom is 0.220 e. The topological polar surface area (TPSA) is 46.2 Å². The van der Waals surface area contributed by atoms with Gasteiger partial charge in [-0.05, 0) is 12.7 Å². The molecule has 0 aliphatic heterocycles. The van der Waals surface area contributed by atoms with Crippen molar-refractivity contribution in [3.05, 3.63) is 0 Å². The van der Waals surface area contributed by atoms with E-state index in [1.807, 2.05) is 0 Å². The smallest absolute Gasteiger partial charge is 0.220 e. The zero-order valence-corrected chi connectivity index (χ0v) is 9.08. The van der Waals surface area contributed by atoms with Gasteiger partial charge in [0.2, 0.25) is 5.91 Å². The Labute approximate surface area is 83.7 Å². The summed E-state index contributed by atoms with van der Waals surface area (Å²) in [5.41, 5.74) is 0. The van der Waals surface area contributed by atoms with Crippen molar-refractivity contribution in [3.63, 3.8) is 0 Å². The number of carbonyl (C=O) groups is 2. The van der Waals surface area contributed by atoms with Crippen LogP contribution in [0.1, 0.15) is 26.7 Å². The van der Waals surface area contributed by atoms with Gasteiger partial charge in [0.1, 0.15) is 5.78 Å². The molecule has 0 aromatic heterocycles. The molecular formula is C9H17NO2S. The van der Waals surface area contributed by atoms with Crippen LogP contribution in [-0.4, -0.2) is 29.7 Å². The first-order valence-electron chi connectivity index (χ1n) is 4.50. The molecule has 4 heteroatoms. The van der Waals surface area contributed by atoms with E-state index in [-0.39, 0.29) is 11.7 Å². The summed E-state index contributed by atoms with van der Waals surface area (Å²) in [4.78, 5) is 21.6. The molecule has 0 bridgehead atoms. The quantitative estimate of drug-likeness (QED) is 0.633. The summed E-state index contributed by atoms with van der Waals surface area (Å²) in [6.45, 7) is 4.07. The highest BCUT2D eigenvalue weighted by Gasteiger charge is 2.00. The van der Waals surface area contributed by atoms with Crippen molar-refractivity contribution in [1.82, 2.24) is 5.32 Å². The van der Waals surface area contributed by atoms with Crippen LogP contribution in [0.5, 0.6) is 0 Å². The molecule has 76 valence electrons. The van der Waals surface area contributed by atoms with Gasteiger partial charge in [-0.3, -0.25) is 9.59 Å². The van der Waals surface area contributed by atoms with Crippen molar-refractivity contribution in [3.8, 4) is 0 Å². The van der Waals surface area contributed by atoms with E-state index >= 15 is 0 Å². The van der Waals surface area contributed by atoms with Gasteiger partial charge in [0, 0.05) is 25.1 Å². The van der Waals surface area contributed by atoms with Crippen molar-refractivity contribution in [1.29, 1.82) is 0 Å². The number of hydrogen-bond donors (Lipinski definition) is 1. The van der Waals surface area contributed by atoms with E-state index in [0.29, 0.717) is 19.4 Å². The number of ketones is 1. The standard InChI is InChI=1S/C9H17NO2S/c1-3-13-7-5-9(12)10-6-4-8(2)11/h3-7H2,1-2H3,(H,10,12). The molecule has 0 saturated heterocycles. The number of nitrogens with one attached hydrogen (secondary N) is 1. The van der Waals surface area contributed by atoms with Crippen LogP contribution in [0.4, 0.5) is 0 Å². The second kappa shape index (κ2) is 8.10. The minimum atomic E-state index is 0.0437. The van der Waals surface area contributed by atoms with Gasteiger partial charge >= 0.3 is 0 Å². The zero-order chi connectivity index (χ0) is 10.1. The molecule has 1 amide bonds. The zero-order valence-electron chi connectivity index (χ0n) is 8.26. The average Bonchev–Trinajstić information content (AvgIpc) is 2.04. The van der Waals surface area contributed by atoms with E-state index in [4.69, 9.17) is 0 Å². The minimum absolute atomic E-state index is 0.0437. The highest BCUT2D eigenvalue weighted by molar-refractivity contribution is 7.99. The van der Waals surface area contributed by atoms with Gasteiger partial charge in [-0.1, -0.05) is 6.92 Å². The number of Topliss-reactive ketones (excluding diaryl/α,β-unsaturated/α-hetero) is 1. The van der Waals surface area contributed by atoms with Gasteiger partial charge in [0.25, 0.3) is 0 Å². The largest absolute Gasteiger partial charge is 0.356 e. The predicted molar refractivity (Wildman–Crippen MR) is 55.9 cm³/mol. The lowest BCUT2D eigenvalue weighted by Gasteiger charge is -2.02. The van der Waals surface area contributed by atoms with Gasteiger partial charge in [0.05, 0.1) is 0 Å². The molecule has 0 aromatic rings. The molecule has 0 aliphatic carbocycles. The molecular weight excluding hydrogens is 186 g/mol. The van der Waals surface area contributed by atoms with Crippen molar-refractivity contribution in [2.45, 2.75) is 26.7 Å².